The van der Waals surface area contributed by atoms with Gasteiger partial charge in [-0.05, 0) is 61.4 Å². The topological polar surface area (TPSA) is 44.4 Å². The van der Waals surface area contributed by atoms with Crippen molar-refractivity contribution in [3.05, 3.63) is 60.2 Å². The zero-order valence-electron chi connectivity index (χ0n) is 15.6. The molecule has 1 aliphatic heterocycles. The summed E-state index contributed by atoms with van der Waals surface area (Å²) in [6.45, 7) is 5.24. The minimum Gasteiger partial charge on any atom is -0.372 e. The molecular weight excluding hydrogens is 322 g/mol. The number of piperidine rings is 1. The largest absolute Gasteiger partial charge is 0.372 e. The summed E-state index contributed by atoms with van der Waals surface area (Å²) in [5, 5.41) is 5.83. The Morgan fingerprint density at radius 1 is 1.04 bits per heavy atom. The normalized spacial score (nSPS) is 14.9. The van der Waals surface area contributed by atoms with Gasteiger partial charge in [0, 0.05) is 31.0 Å². The first-order valence-corrected chi connectivity index (χ1v) is 9.64. The van der Waals surface area contributed by atoms with E-state index in [9.17, 15) is 4.79 Å². The van der Waals surface area contributed by atoms with Gasteiger partial charge >= 0.3 is 6.03 Å². The van der Waals surface area contributed by atoms with E-state index in [4.69, 9.17) is 0 Å². The van der Waals surface area contributed by atoms with Gasteiger partial charge in [-0.25, -0.2) is 4.79 Å². The van der Waals surface area contributed by atoms with Crippen LogP contribution in [0.3, 0.4) is 0 Å². The lowest BCUT2D eigenvalue weighted by Crippen LogP contribution is -2.32. The van der Waals surface area contributed by atoms with Crippen molar-refractivity contribution in [2.75, 3.05) is 29.9 Å². The number of benzene rings is 2. The fourth-order valence-corrected chi connectivity index (χ4v) is 3.34. The van der Waals surface area contributed by atoms with Gasteiger partial charge in [-0.3, -0.25) is 0 Å². The quantitative estimate of drug-likeness (QED) is 0.742. The van der Waals surface area contributed by atoms with Crippen molar-refractivity contribution >= 4 is 17.4 Å². The van der Waals surface area contributed by atoms with Gasteiger partial charge in [0.15, 0.2) is 0 Å². The number of rotatable bonds is 6. The predicted molar refractivity (Wildman–Crippen MR) is 109 cm³/mol. The molecule has 2 aromatic carbocycles. The SMILES string of the molecule is CC1CCN(c2ccc(NC(=O)NCCCc3ccccc3)cc2)CC1. The van der Waals surface area contributed by atoms with E-state index in [1.807, 2.05) is 30.3 Å². The van der Waals surface area contributed by atoms with Crippen molar-refractivity contribution in [2.45, 2.75) is 32.6 Å². The highest BCUT2D eigenvalue weighted by Crippen LogP contribution is 2.24. The van der Waals surface area contributed by atoms with E-state index >= 15 is 0 Å². The third kappa shape index (κ3) is 5.51. The number of aryl methyl sites for hydroxylation is 1. The number of hydrogen-bond donors (Lipinski definition) is 2. The van der Waals surface area contributed by atoms with Crippen LogP contribution in [0.4, 0.5) is 16.2 Å². The average Bonchev–Trinajstić information content (AvgIpc) is 2.67. The number of carbonyl (C=O) groups is 1. The summed E-state index contributed by atoms with van der Waals surface area (Å²) >= 11 is 0. The first kappa shape index (κ1) is 18.3. The number of anilines is 2. The Bertz CT molecular complexity index is 676. The molecule has 4 nitrogen and oxygen atoms in total. The molecule has 1 saturated heterocycles. The van der Waals surface area contributed by atoms with Crippen molar-refractivity contribution in [3.8, 4) is 0 Å². The predicted octanol–water partition coefficient (Wildman–Crippen LogP) is 4.68. The molecule has 2 amide bonds. The smallest absolute Gasteiger partial charge is 0.319 e. The van der Waals surface area contributed by atoms with Gasteiger partial charge in [0.05, 0.1) is 0 Å². The highest BCUT2D eigenvalue weighted by Gasteiger charge is 2.15. The van der Waals surface area contributed by atoms with Gasteiger partial charge < -0.3 is 15.5 Å². The average molecular weight is 351 g/mol. The summed E-state index contributed by atoms with van der Waals surface area (Å²) < 4.78 is 0. The number of amides is 2. The van der Waals surface area contributed by atoms with Crippen LogP contribution in [0.1, 0.15) is 31.7 Å². The molecule has 1 fully saturated rings. The van der Waals surface area contributed by atoms with Gasteiger partial charge in [0.2, 0.25) is 0 Å². The highest BCUT2D eigenvalue weighted by molar-refractivity contribution is 5.89. The second-order valence-corrected chi connectivity index (χ2v) is 7.19. The van der Waals surface area contributed by atoms with Crippen molar-refractivity contribution < 1.29 is 4.79 Å². The maximum atomic E-state index is 12.0. The van der Waals surface area contributed by atoms with Crippen LogP contribution >= 0.6 is 0 Å². The molecule has 0 spiro atoms. The molecule has 0 atom stereocenters. The summed E-state index contributed by atoms with van der Waals surface area (Å²) in [7, 11) is 0. The summed E-state index contributed by atoms with van der Waals surface area (Å²) in [6.07, 6.45) is 4.42. The van der Waals surface area contributed by atoms with E-state index in [0.717, 1.165) is 37.5 Å². The number of nitrogens with zero attached hydrogens (tertiary/aromatic N) is 1. The molecule has 0 bridgehead atoms. The number of carbonyl (C=O) groups excluding carboxylic acids is 1. The molecule has 4 heteroatoms. The van der Waals surface area contributed by atoms with E-state index in [0.29, 0.717) is 6.54 Å². The highest BCUT2D eigenvalue weighted by atomic mass is 16.2. The lowest BCUT2D eigenvalue weighted by Gasteiger charge is -2.32. The van der Waals surface area contributed by atoms with Crippen LogP contribution in [0.15, 0.2) is 54.6 Å². The van der Waals surface area contributed by atoms with E-state index in [2.05, 4.69) is 46.7 Å². The van der Waals surface area contributed by atoms with Crippen LogP contribution in [0.2, 0.25) is 0 Å². The van der Waals surface area contributed by atoms with E-state index in [1.54, 1.807) is 0 Å². The molecule has 26 heavy (non-hydrogen) atoms. The van der Waals surface area contributed by atoms with E-state index in [1.165, 1.54) is 24.1 Å². The van der Waals surface area contributed by atoms with E-state index in [-0.39, 0.29) is 6.03 Å². The second kappa shape index (κ2) is 9.27. The summed E-state index contributed by atoms with van der Waals surface area (Å²) in [5.41, 5.74) is 3.38. The second-order valence-electron chi connectivity index (χ2n) is 7.19. The Hall–Kier alpha value is -2.49. The van der Waals surface area contributed by atoms with Gasteiger partial charge in [-0.2, -0.15) is 0 Å². The van der Waals surface area contributed by atoms with Crippen molar-refractivity contribution in [1.82, 2.24) is 5.32 Å². The summed E-state index contributed by atoms with van der Waals surface area (Å²) in [4.78, 5) is 14.4. The maximum Gasteiger partial charge on any atom is 0.319 e. The van der Waals surface area contributed by atoms with Gasteiger partial charge in [0.25, 0.3) is 0 Å². The third-order valence-corrected chi connectivity index (χ3v) is 5.04. The van der Waals surface area contributed by atoms with Crippen molar-refractivity contribution in [3.63, 3.8) is 0 Å². The molecule has 2 N–H and O–H groups in total. The Morgan fingerprint density at radius 3 is 2.42 bits per heavy atom. The first-order valence-electron chi connectivity index (χ1n) is 9.64. The Morgan fingerprint density at radius 2 is 1.73 bits per heavy atom. The molecule has 0 aromatic heterocycles. The summed E-state index contributed by atoms with van der Waals surface area (Å²) in [5.74, 6) is 0.831. The standard InChI is InChI=1S/C22H29N3O/c1-18-13-16-25(17-14-18)21-11-9-20(10-12-21)24-22(26)23-15-5-8-19-6-3-2-4-7-19/h2-4,6-7,9-12,18H,5,8,13-17H2,1H3,(H2,23,24,26). The fourth-order valence-electron chi connectivity index (χ4n) is 3.34. The molecule has 0 unspecified atom stereocenters. The zero-order valence-corrected chi connectivity index (χ0v) is 15.6. The fraction of sp³-hybridized carbons (Fsp3) is 0.409. The number of nitrogens with one attached hydrogen (secondary N) is 2. The number of urea groups is 1. The minimum absolute atomic E-state index is 0.141. The molecule has 3 rings (SSSR count). The molecule has 2 aromatic rings. The van der Waals surface area contributed by atoms with Crippen LogP contribution < -0.4 is 15.5 Å². The zero-order chi connectivity index (χ0) is 18.2. The Balaban J connectivity index is 1.38. The monoisotopic (exact) mass is 351 g/mol. The minimum atomic E-state index is -0.141. The van der Waals surface area contributed by atoms with Crippen molar-refractivity contribution in [2.24, 2.45) is 5.92 Å². The third-order valence-electron chi connectivity index (χ3n) is 5.04. The lowest BCUT2D eigenvalue weighted by molar-refractivity contribution is 0.252. The molecular formula is C22H29N3O. The molecule has 1 aliphatic rings. The first-order chi connectivity index (χ1) is 12.7. The van der Waals surface area contributed by atoms with E-state index < -0.39 is 0 Å². The Labute approximate surface area is 156 Å². The van der Waals surface area contributed by atoms with Gasteiger partial charge in [-0.15, -0.1) is 0 Å². The molecule has 0 radical (unpaired) electrons. The molecule has 0 aliphatic carbocycles. The lowest BCUT2D eigenvalue weighted by atomic mass is 9.99. The van der Waals surface area contributed by atoms with Crippen LogP contribution in [0, 0.1) is 5.92 Å². The summed E-state index contributed by atoms with van der Waals surface area (Å²) in [6, 6.07) is 18.4. The van der Waals surface area contributed by atoms with Crippen LogP contribution in [0.5, 0.6) is 0 Å². The van der Waals surface area contributed by atoms with Gasteiger partial charge in [-0.1, -0.05) is 37.3 Å². The Kier molecular flexibility index (Phi) is 6.53. The van der Waals surface area contributed by atoms with Crippen molar-refractivity contribution in [1.29, 1.82) is 0 Å². The number of hydrogen-bond acceptors (Lipinski definition) is 2. The van der Waals surface area contributed by atoms with Crippen LogP contribution in [0.25, 0.3) is 0 Å². The molecule has 138 valence electrons. The van der Waals surface area contributed by atoms with Gasteiger partial charge in [0.1, 0.15) is 0 Å². The van der Waals surface area contributed by atoms with Crippen LogP contribution in [-0.4, -0.2) is 25.7 Å². The van der Waals surface area contributed by atoms with Crippen LogP contribution in [-0.2, 0) is 6.42 Å². The molecule has 0 saturated carbocycles. The molecule has 1 heterocycles. The maximum absolute atomic E-state index is 12.0.